The van der Waals surface area contributed by atoms with Gasteiger partial charge in [0.15, 0.2) is 0 Å². The molecule has 0 bridgehead atoms. The van der Waals surface area contributed by atoms with Crippen molar-refractivity contribution in [2.45, 2.75) is 0 Å². The monoisotopic (exact) mass is 395 g/mol. The molecule has 0 heterocycles. The Kier molecular flexibility index (Phi) is 5.72. The highest BCUT2D eigenvalue weighted by atomic mass is 79.9. The molecule has 23 heavy (non-hydrogen) atoms. The third-order valence-electron chi connectivity index (χ3n) is 2.65. The Morgan fingerprint density at radius 3 is 2.70 bits per heavy atom. The van der Waals surface area contributed by atoms with Crippen LogP contribution in [0.15, 0.2) is 52.0 Å². The second kappa shape index (κ2) is 7.75. The molecule has 0 aliphatic heterocycles. The molecule has 2 amide bonds. The number of halogens is 2. The Morgan fingerprint density at radius 2 is 1.96 bits per heavy atom. The maximum atomic E-state index is 11.7. The molecule has 0 aliphatic carbocycles. The van der Waals surface area contributed by atoms with Gasteiger partial charge in [-0.1, -0.05) is 33.6 Å². The van der Waals surface area contributed by atoms with E-state index in [1.807, 2.05) is 0 Å². The number of amides is 2. The summed E-state index contributed by atoms with van der Waals surface area (Å²) in [7, 11) is 0. The van der Waals surface area contributed by atoms with Crippen LogP contribution in [0.3, 0.4) is 0 Å². The zero-order chi connectivity index (χ0) is 16.8. The minimum atomic E-state index is -0.948. The van der Waals surface area contributed by atoms with Crippen molar-refractivity contribution in [2.75, 3.05) is 5.32 Å². The van der Waals surface area contributed by atoms with Crippen molar-refractivity contribution in [3.63, 3.8) is 0 Å². The molecule has 0 fully saturated rings. The predicted molar refractivity (Wildman–Crippen MR) is 91.6 cm³/mol. The van der Waals surface area contributed by atoms with Gasteiger partial charge in [-0.15, -0.1) is 0 Å². The summed E-state index contributed by atoms with van der Waals surface area (Å²) in [4.78, 5) is 23.3. The van der Waals surface area contributed by atoms with Crippen molar-refractivity contribution in [1.82, 2.24) is 5.43 Å². The molecule has 8 heteroatoms. The predicted octanol–water partition coefficient (Wildman–Crippen LogP) is 2.90. The van der Waals surface area contributed by atoms with Gasteiger partial charge in [-0.05, 0) is 36.4 Å². The number of carbonyl (C=O) groups is 2. The molecular weight excluding hydrogens is 386 g/mol. The maximum absolute atomic E-state index is 11.7. The van der Waals surface area contributed by atoms with Crippen LogP contribution >= 0.6 is 27.5 Å². The highest BCUT2D eigenvalue weighted by Gasteiger charge is 2.12. The zero-order valence-corrected chi connectivity index (χ0v) is 13.9. The molecule has 2 rings (SSSR count). The highest BCUT2D eigenvalue weighted by molar-refractivity contribution is 9.10. The third kappa shape index (κ3) is 5.08. The molecule has 2 aromatic carbocycles. The lowest BCUT2D eigenvalue weighted by atomic mass is 10.2. The van der Waals surface area contributed by atoms with E-state index in [4.69, 9.17) is 11.6 Å². The van der Waals surface area contributed by atoms with Gasteiger partial charge in [0, 0.05) is 20.7 Å². The minimum absolute atomic E-state index is 0.00502. The summed E-state index contributed by atoms with van der Waals surface area (Å²) in [5.41, 5.74) is 2.85. The van der Waals surface area contributed by atoms with Crippen LogP contribution < -0.4 is 10.7 Å². The first kappa shape index (κ1) is 17.0. The molecule has 3 N–H and O–H groups in total. The van der Waals surface area contributed by atoms with Crippen LogP contribution in [0, 0.1) is 0 Å². The van der Waals surface area contributed by atoms with Crippen LogP contribution in [0.4, 0.5) is 5.69 Å². The van der Waals surface area contributed by atoms with E-state index < -0.39 is 11.8 Å². The minimum Gasteiger partial charge on any atom is -0.507 e. The van der Waals surface area contributed by atoms with Gasteiger partial charge >= 0.3 is 11.8 Å². The molecule has 0 saturated carbocycles. The molecule has 0 saturated heterocycles. The van der Waals surface area contributed by atoms with E-state index in [-0.39, 0.29) is 5.75 Å². The molecule has 0 atom stereocenters. The smallest absolute Gasteiger partial charge is 0.329 e. The first-order valence-corrected chi connectivity index (χ1v) is 7.51. The summed E-state index contributed by atoms with van der Waals surface area (Å²) in [6.07, 6.45) is 1.23. The van der Waals surface area contributed by atoms with Crippen molar-refractivity contribution in [3.8, 4) is 5.75 Å². The second-order valence-corrected chi connectivity index (χ2v) is 5.72. The summed E-state index contributed by atoms with van der Waals surface area (Å²) in [6, 6.07) is 11.1. The summed E-state index contributed by atoms with van der Waals surface area (Å²) in [5.74, 6) is -1.84. The Morgan fingerprint density at radius 1 is 1.17 bits per heavy atom. The first-order valence-electron chi connectivity index (χ1n) is 6.34. The molecule has 6 nitrogen and oxygen atoms in total. The van der Waals surface area contributed by atoms with Gasteiger partial charge in [-0.25, -0.2) is 5.43 Å². The summed E-state index contributed by atoms with van der Waals surface area (Å²) in [6.45, 7) is 0. The van der Waals surface area contributed by atoms with Gasteiger partial charge in [-0.3, -0.25) is 9.59 Å². The van der Waals surface area contributed by atoms with Crippen LogP contribution in [-0.2, 0) is 9.59 Å². The quantitative estimate of drug-likeness (QED) is 0.423. The Balaban J connectivity index is 1.95. The van der Waals surface area contributed by atoms with Crippen molar-refractivity contribution in [2.24, 2.45) is 5.10 Å². The van der Waals surface area contributed by atoms with Crippen molar-refractivity contribution >= 4 is 51.2 Å². The molecule has 0 aliphatic rings. The second-order valence-electron chi connectivity index (χ2n) is 4.37. The number of phenols is 1. The normalized spacial score (nSPS) is 10.5. The number of anilines is 1. The SMILES string of the molecule is O=C(N/N=C/c1cc(Br)ccc1O)C(=O)Nc1cccc(Cl)c1. The number of hydrogen-bond acceptors (Lipinski definition) is 4. The maximum Gasteiger partial charge on any atom is 0.329 e. The van der Waals surface area contributed by atoms with Crippen LogP contribution in [0.25, 0.3) is 0 Å². The van der Waals surface area contributed by atoms with Gasteiger partial charge in [0.2, 0.25) is 0 Å². The molecule has 0 spiro atoms. The van der Waals surface area contributed by atoms with Gasteiger partial charge in [0.05, 0.1) is 6.21 Å². The highest BCUT2D eigenvalue weighted by Crippen LogP contribution is 2.20. The number of hydrazone groups is 1. The zero-order valence-electron chi connectivity index (χ0n) is 11.6. The number of nitrogens with one attached hydrogen (secondary N) is 2. The third-order valence-corrected chi connectivity index (χ3v) is 3.38. The van der Waals surface area contributed by atoms with Gasteiger partial charge < -0.3 is 10.4 Å². The van der Waals surface area contributed by atoms with Gasteiger partial charge in [0.1, 0.15) is 5.75 Å². The van der Waals surface area contributed by atoms with E-state index in [1.165, 1.54) is 18.3 Å². The summed E-state index contributed by atoms with van der Waals surface area (Å²) < 4.78 is 0.738. The number of aromatic hydroxyl groups is 1. The lowest BCUT2D eigenvalue weighted by molar-refractivity contribution is -0.136. The fraction of sp³-hybridized carbons (Fsp3) is 0. The molecular formula is C15H11BrClN3O3. The number of rotatable bonds is 3. The van der Waals surface area contributed by atoms with Gasteiger partial charge in [-0.2, -0.15) is 5.10 Å². The summed E-state index contributed by atoms with van der Waals surface area (Å²) >= 11 is 9.03. The first-order chi connectivity index (χ1) is 11.0. The van der Waals surface area contributed by atoms with Crippen LogP contribution in [0.2, 0.25) is 5.02 Å². The average Bonchev–Trinajstić information content (AvgIpc) is 2.50. The molecule has 0 radical (unpaired) electrons. The number of nitrogens with zero attached hydrogens (tertiary/aromatic N) is 1. The Bertz CT molecular complexity index is 780. The number of phenolic OH excluding ortho intramolecular Hbond substituents is 1. The summed E-state index contributed by atoms with van der Waals surface area (Å²) in [5, 5.41) is 16.1. The van der Waals surface area contributed by atoms with E-state index in [0.717, 1.165) is 4.47 Å². The molecule has 118 valence electrons. The fourth-order valence-corrected chi connectivity index (χ4v) is 2.16. The number of hydrogen-bond donors (Lipinski definition) is 3. The van der Waals surface area contributed by atoms with Crippen LogP contribution in [0.1, 0.15) is 5.56 Å². The molecule has 0 aromatic heterocycles. The molecule has 2 aromatic rings. The Hall–Kier alpha value is -2.38. The van der Waals surface area contributed by atoms with Crippen molar-refractivity contribution in [3.05, 3.63) is 57.5 Å². The van der Waals surface area contributed by atoms with E-state index in [0.29, 0.717) is 16.3 Å². The largest absolute Gasteiger partial charge is 0.507 e. The lowest BCUT2D eigenvalue weighted by Crippen LogP contribution is -2.32. The molecule has 0 unspecified atom stereocenters. The topological polar surface area (TPSA) is 90.8 Å². The fourth-order valence-electron chi connectivity index (χ4n) is 1.59. The van der Waals surface area contributed by atoms with E-state index in [9.17, 15) is 14.7 Å². The Labute approximate surface area is 145 Å². The number of benzene rings is 2. The van der Waals surface area contributed by atoms with Crippen LogP contribution in [-0.4, -0.2) is 23.1 Å². The van der Waals surface area contributed by atoms with E-state index in [2.05, 4.69) is 31.8 Å². The van der Waals surface area contributed by atoms with Crippen molar-refractivity contribution in [1.29, 1.82) is 0 Å². The van der Waals surface area contributed by atoms with E-state index in [1.54, 1.807) is 30.3 Å². The average molecular weight is 397 g/mol. The van der Waals surface area contributed by atoms with Gasteiger partial charge in [0.25, 0.3) is 0 Å². The van der Waals surface area contributed by atoms with Crippen molar-refractivity contribution < 1.29 is 14.7 Å². The standard InChI is InChI=1S/C15H11BrClN3O3/c16-10-4-5-13(21)9(6-10)8-18-20-15(23)14(22)19-12-3-1-2-11(17)7-12/h1-8,21H,(H,19,22)(H,20,23)/b18-8+. The van der Waals surface area contributed by atoms with Crippen LogP contribution in [0.5, 0.6) is 5.75 Å². The number of carbonyl (C=O) groups excluding carboxylic acids is 2. The van der Waals surface area contributed by atoms with E-state index >= 15 is 0 Å². The lowest BCUT2D eigenvalue weighted by Gasteiger charge is -2.04.